The first-order valence-corrected chi connectivity index (χ1v) is 17.6. The van der Waals surface area contributed by atoms with Gasteiger partial charge in [0.25, 0.3) is 11.8 Å². The van der Waals surface area contributed by atoms with Crippen molar-refractivity contribution in [3.63, 3.8) is 0 Å². The highest BCUT2D eigenvalue weighted by Gasteiger charge is 2.35. The summed E-state index contributed by atoms with van der Waals surface area (Å²) >= 11 is 2.86. The van der Waals surface area contributed by atoms with Gasteiger partial charge in [-0.05, 0) is 101 Å². The molecule has 10 nitrogen and oxygen atoms in total. The summed E-state index contributed by atoms with van der Waals surface area (Å²) < 4.78 is 10.3. The third kappa shape index (κ3) is 7.56. The van der Waals surface area contributed by atoms with Crippen LogP contribution in [0.3, 0.4) is 0 Å². The molecule has 2 aromatic rings. The van der Waals surface area contributed by atoms with Gasteiger partial charge in [-0.2, -0.15) is 0 Å². The molecule has 2 aromatic heterocycles. The maximum Gasteiger partial charge on any atom is 0.314 e. The van der Waals surface area contributed by atoms with Crippen molar-refractivity contribution in [3.8, 4) is 0 Å². The number of carbonyl (C=O) groups is 4. The van der Waals surface area contributed by atoms with Crippen molar-refractivity contribution in [3.05, 3.63) is 32.0 Å². The zero-order chi connectivity index (χ0) is 31.4. The molecule has 2 saturated carbocycles. The van der Waals surface area contributed by atoms with Gasteiger partial charge >= 0.3 is 11.9 Å². The van der Waals surface area contributed by atoms with Crippen LogP contribution >= 0.6 is 22.7 Å². The predicted molar refractivity (Wildman–Crippen MR) is 172 cm³/mol. The van der Waals surface area contributed by atoms with Crippen LogP contribution in [0, 0.1) is 17.8 Å². The van der Waals surface area contributed by atoms with Gasteiger partial charge in [-0.3, -0.25) is 19.2 Å². The van der Waals surface area contributed by atoms with Gasteiger partial charge in [0.1, 0.15) is 0 Å². The number of rotatable bonds is 10. The van der Waals surface area contributed by atoms with E-state index in [1.807, 2.05) is 6.92 Å². The van der Waals surface area contributed by atoms with Crippen LogP contribution in [0.1, 0.15) is 106 Å². The summed E-state index contributed by atoms with van der Waals surface area (Å²) in [5, 5.41) is 7.05. The second kappa shape index (κ2) is 14.3. The molecule has 4 aliphatic carbocycles. The number of nitrogens with two attached hydrogens (primary N) is 2. The Morgan fingerprint density at radius 3 is 1.91 bits per heavy atom. The lowest BCUT2D eigenvalue weighted by Crippen LogP contribution is -2.29. The number of nitrogen functional groups attached to an aromatic ring is 2. The first-order valence-electron chi connectivity index (χ1n) is 15.9. The Balaban J connectivity index is 0.000000175. The van der Waals surface area contributed by atoms with Crippen LogP contribution in [-0.4, -0.2) is 50.1 Å². The van der Waals surface area contributed by atoms with E-state index >= 15 is 0 Å². The van der Waals surface area contributed by atoms with Gasteiger partial charge in [0.15, 0.2) is 0 Å². The first kappa shape index (κ1) is 32.3. The predicted octanol–water partition coefficient (Wildman–Crippen LogP) is 4.59. The Bertz CT molecular complexity index is 1390. The van der Waals surface area contributed by atoms with Gasteiger partial charge in [0, 0.05) is 22.8 Å². The zero-order valence-electron chi connectivity index (χ0n) is 25.6. The largest absolute Gasteiger partial charge is 0.466 e. The summed E-state index contributed by atoms with van der Waals surface area (Å²) in [5.41, 5.74) is 15.3. The molecule has 2 fully saturated rings. The molecule has 2 unspecified atom stereocenters. The lowest BCUT2D eigenvalue weighted by molar-refractivity contribution is -0.148. The van der Waals surface area contributed by atoms with E-state index in [1.165, 1.54) is 48.4 Å². The summed E-state index contributed by atoms with van der Waals surface area (Å²) in [5.74, 6) is 0.297. The molecule has 44 heavy (non-hydrogen) atoms. The summed E-state index contributed by atoms with van der Waals surface area (Å²) in [6.07, 6.45) is 9.39. The second-order valence-electron chi connectivity index (χ2n) is 12.1. The van der Waals surface area contributed by atoms with Crippen LogP contribution in [0.15, 0.2) is 0 Å². The molecule has 6 rings (SSSR count). The lowest BCUT2D eigenvalue weighted by Gasteiger charge is -2.21. The van der Waals surface area contributed by atoms with Gasteiger partial charge < -0.3 is 31.6 Å². The van der Waals surface area contributed by atoms with Crippen molar-refractivity contribution in [2.75, 3.05) is 37.8 Å². The normalized spacial score (nSPS) is 20.3. The summed E-state index contributed by atoms with van der Waals surface area (Å²) in [6.45, 7) is 5.84. The van der Waals surface area contributed by atoms with E-state index in [0.29, 0.717) is 52.6 Å². The van der Waals surface area contributed by atoms with Crippen molar-refractivity contribution in [1.29, 1.82) is 0 Å². The fourth-order valence-corrected chi connectivity index (χ4v) is 8.32. The van der Waals surface area contributed by atoms with E-state index in [2.05, 4.69) is 10.6 Å². The maximum atomic E-state index is 12.4. The molecule has 0 saturated heterocycles. The Labute approximate surface area is 266 Å². The van der Waals surface area contributed by atoms with E-state index in [1.54, 1.807) is 6.92 Å². The van der Waals surface area contributed by atoms with Crippen LogP contribution in [0.2, 0.25) is 0 Å². The van der Waals surface area contributed by atoms with E-state index in [-0.39, 0.29) is 35.6 Å². The summed E-state index contributed by atoms with van der Waals surface area (Å²) in [6, 6.07) is 0. The molecule has 4 aliphatic rings. The minimum atomic E-state index is -0.263. The van der Waals surface area contributed by atoms with Crippen molar-refractivity contribution < 1.29 is 28.7 Å². The SMILES string of the molecule is CCOC(=O)C1CCCc2c1sc(N)c2C(=O)NCC1CC1.CCOC(=O)C1CCc2sc(N)c(C(=O)NCC3CC3)c2C1. The van der Waals surface area contributed by atoms with E-state index in [9.17, 15) is 19.2 Å². The number of fused-ring (bicyclic) bond motifs is 2. The van der Waals surface area contributed by atoms with E-state index < -0.39 is 0 Å². The van der Waals surface area contributed by atoms with Crippen molar-refractivity contribution in [2.24, 2.45) is 17.8 Å². The topological polar surface area (TPSA) is 163 Å². The number of esters is 2. The molecule has 0 bridgehead atoms. The van der Waals surface area contributed by atoms with Crippen LogP contribution in [0.25, 0.3) is 0 Å². The van der Waals surface area contributed by atoms with Gasteiger partial charge in [-0.1, -0.05) is 0 Å². The molecule has 2 amide bonds. The quantitative estimate of drug-likeness (QED) is 0.273. The van der Waals surface area contributed by atoms with Gasteiger partial charge in [-0.15, -0.1) is 22.7 Å². The molecule has 0 spiro atoms. The van der Waals surface area contributed by atoms with Gasteiger partial charge in [-0.25, -0.2) is 0 Å². The molecule has 0 aromatic carbocycles. The first-order chi connectivity index (χ1) is 21.2. The van der Waals surface area contributed by atoms with Crippen LogP contribution < -0.4 is 22.1 Å². The lowest BCUT2D eigenvalue weighted by atomic mass is 9.86. The fraction of sp³-hybridized carbons (Fsp3) is 0.625. The molecular formula is C32H44N4O6S2. The van der Waals surface area contributed by atoms with Gasteiger partial charge in [0.05, 0.1) is 46.2 Å². The highest BCUT2D eigenvalue weighted by molar-refractivity contribution is 7.17. The van der Waals surface area contributed by atoms with Gasteiger partial charge in [0.2, 0.25) is 0 Å². The summed E-state index contributed by atoms with van der Waals surface area (Å²) in [7, 11) is 0. The number of nitrogens with one attached hydrogen (secondary N) is 2. The zero-order valence-corrected chi connectivity index (χ0v) is 27.3. The Morgan fingerprint density at radius 2 is 1.32 bits per heavy atom. The number of anilines is 2. The van der Waals surface area contributed by atoms with Crippen LogP contribution in [0.4, 0.5) is 10.0 Å². The number of ether oxygens (including phenoxy) is 2. The number of thiophene rings is 2. The van der Waals surface area contributed by atoms with Crippen LogP contribution in [0.5, 0.6) is 0 Å². The molecule has 2 heterocycles. The van der Waals surface area contributed by atoms with Crippen molar-refractivity contribution in [1.82, 2.24) is 10.6 Å². The molecule has 12 heteroatoms. The second-order valence-corrected chi connectivity index (χ2v) is 14.3. The fourth-order valence-electron chi connectivity index (χ4n) is 5.97. The Hall–Kier alpha value is -3.12. The maximum absolute atomic E-state index is 12.4. The molecule has 0 radical (unpaired) electrons. The Kier molecular flexibility index (Phi) is 10.5. The monoisotopic (exact) mass is 644 g/mol. The highest BCUT2D eigenvalue weighted by Crippen LogP contribution is 2.43. The molecular weight excluding hydrogens is 601 g/mol. The van der Waals surface area contributed by atoms with Crippen molar-refractivity contribution in [2.45, 2.75) is 84.0 Å². The molecule has 0 aliphatic heterocycles. The molecule has 6 N–H and O–H groups in total. The number of aryl methyl sites for hydroxylation is 1. The standard InChI is InChI=1S/2C16H22N2O3S/c1-2-21-16(20)10-5-6-12-11(7-10)13(14(17)22-12)15(19)18-8-9-3-4-9;1-2-21-16(20)11-5-3-4-10-12(14(17)22-13(10)11)15(19)18-8-9-6-7-9/h9-10H,2-8,17H2,1H3,(H,18,19);9,11H,2-8,17H2,1H3,(H,18,19). The summed E-state index contributed by atoms with van der Waals surface area (Å²) in [4.78, 5) is 51.0. The molecule has 240 valence electrons. The highest BCUT2D eigenvalue weighted by atomic mass is 32.1. The molecule has 2 atom stereocenters. The minimum absolute atomic E-state index is 0.0913. The number of amides is 2. The minimum Gasteiger partial charge on any atom is -0.466 e. The third-order valence-corrected chi connectivity index (χ3v) is 11.0. The van der Waals surface area contributed by atoms with E-state index in [0.717, 1.165) is 66.1 Å². The Morgan fingerprint density at radius 1 is 0.750 bits per heavy atom. The van der Waals surface area contributed by atoms with Crippen LogP contribution in [-0.2, 0) is 38.3 Å². The smallest absolute Gasteiger partial charge is 0.314 e. The number of carbonyl (C=O) groups excluding carboxylic acids is 4. The van der Waals surface area contributed by atoms with E-state index in [4.69, 9.17) is 20.9 Å². The average molecular weight is 645 g/mol. The van der Waals surface area contributed by atoms with Crippen molar-refractivity contribution >= 4 is 56.4 Å². The third-order valence-electron chi connectivity index (χ3n) is 8.73. The average Bonchev–Trinajstić information content (AvgIpc) is 3.93. The number of hydrogen-bond donors (Lipinski definition) is 4. The number of hydrogen-bond acceptors (Lipinski definition) is 10.